The van der Waals surface area contributed by atoms with Crippen molar-refractivity contribution in [1.82, 2.24) is 14.8 Å². The molecule has 3 aromatic rings. The number of aryl methyl sites for hydroxylation is 1. The fraction of sp³-hybridized carbons (Fsp3) is 0.222. The van der Waals surface area contributed by atoms with Gasteiger partial charge in [0.25, 0.3) is 11.5 Å². The molecule has 0 aliphatic heterocycles. The van der Waals surface area contributed by atoms with Crippen molar-refractivity contribution in [2.75, 3.05) is 18.2 Å². The van der Waals surface area contributed by atoms with Crippen LogP contribution in [-0.4, -0.2) is 33.5 Å². The van der Waals surface area contributed by atoms with Gasteiger partial charge in [0.1, 0.15) is 11.3 Å². The number of nitrogens with zero attached hydrogens (tertiary/aromatic N) is 3. The van der Waals surface area contributed by atoms with E-state index in [2.05, 4.69) is 15.5 Å². The Morgan fingerprint density at radius 1 is 1.30 bits per heavy atom. The van der Waals surface area contributed by atoms with Gasteiger partial charge < -0.3 is 4.74 Å². The highest BCUT2D eigenvalue weighted by atomic mass is 32.2. The zero-order valence-electron chi connectivity index (χ0n) is 15.1. The molecule has 0 spiro atoms. The minimum absolute atomic E-state index is 0.0586. The van der Waals surface area contributed by atoms with Gasteiger partial charge in [-0.2, -0.15) is 0 Å². The van der Waals surface area contributed by atoms with Crippen LogP contribution in [-0.2, 0) is 0 Å². The number of aromatic nitrogens is 3. The molecule has 2 aromatic heterocycles. The topological polar surface area (TPSA) is 86.1 Å². The lowest BCUT2D eigenvalue weighted by Gasteiger charge is -2.13. The molecule has 0 aliphatic rings. The van der Waals surface area contributed by atoms with E-state index in [4.69, 9.17) is 4.74 Å². The molecule has 0 fully saturated rings. The number of thioether (sulfide) groups is 1. The van der Waals surface area contributed by atoms with Crippen molar-refractivity contribution in [3.63, 3.8) is 0 Å². The summed E-state index contributed by atoms with van der Waals surface area (Å²) < 4.78 is 7.50. The Bertz CT molecular complexity index is 1030. The van der Waals surface area contributed by atoms with Crippen LogP contribution >= 0.6 is 23.1 Å². The maximum atomic E-state index is 13.0. The van der Waals surface area contributed by atoms with Crippen LogP contribution in [0.1, 0.15) is 22.8 Å². The number of rotatable bonds is 6. The zero-order chi connectivity index (χ0) is 19.4. The van der Waals surface area contributed by atoms with Crippen LogP contribution in [0.5, 0.6) is 5.75 Å². The molecule has 9 heteroatoms. The first kappa shape index (κ1) is 19.1. The predicted molar refractivity (Wildman–Crippen MR) is 108 cm³/mol. The molecule has 0 aliphatic carbocycles. The van der Waals surface area contributed by atoms with Crippen LogP contribution in [0.2, 0.25) is 0 Å². The van der Waals surface area contributed by atoms with Crippen LogP contribution in [0, 0.1) is 6.92 Å². The van der Waals surface area contributed by atoms with Crippen molar-refractivity contribution < 1.29 is 9.53 Å². The van der Waals surface area contributed by atoms with E-state index in [9.17, 15) is 9.59 Å². The SMILES string of the molecule is CCSc1nnc(NC(=O)c2c(C)ccn(-c3ccccc3OC)c2=O)s1. The molecule has 1 amide bonds. The molecule has 1 aromatic carbocycles. The molecular weight excluding hydrogens is 384 g/mol. The Kier molecular flexibility index (Phi) is 5.92. The van der Waals surface area contributed by atoms with E-state index in [1.807, 2.05) is 13.0 Å². The monoisotopic (exact) mass is 402 g/mol. The van der Waals surface area contributed by atoms with Gasteiger partial charge in [0.15, 0.2) is 4.34 Å². The third-order valence-corrected chi connectivity index (χ3v) is 5.62. The van der Waals surface area contributed by atoms with E-state index < -0.39 is 11.5 Å². The van der Waals surface area contributed by atoms with Gasteiger partial charge in [0, 0.05) is 6.20 Å². The Balaban J connectivity index is 1.97. The zero-order valence-corrected chi connectivity index (χ0v) is 16.7. The number of nitrogens with one attached hydrogen (secondary N) is 1. The number of methoxy groups -OCH3 is 1. The van der Waals surface area contributed by atoms with E-state index in [1.165, 1.54) is 23.0 Å². The van der Waals surface area contributed by atoms with Crippen LogP contribution in [0.4, 0.5) is 5.13 Å². The van der Waals surface area contributed by atoms with E-state index in [-0.39, 0.29) is 5.56 Å². The number of amides is 1. The van der Waals surface area contributed by atoms with Crippen LogP contribution in [0.15, 0.2) is 45.7 Å². The highest BCUT2D eigenvalue weighted by Gasteiger charge is 2.19. The quantitative estimate of drug-likeness (QED) is 0.503. The van der Waals surface area contributed by atoms with Gasteiger partial charge in [-0.25, -0.2) is 0 Å². The second-order valence-electron chi connectivity index (χ2n) is 5.48. The summed E-state index contributed by atoms with van der Waals surface area (Å²) in [6.45, 7) is 3.74. The Morgan fingerprint density at radius 2 is 2.07 bits per heavy atom. The van der Waals surface area contributed by atoms with Gasteiger partial charge in [-0.05, 0) is 36.4 Å². The standard InChI is InChI=1S/C18H18N4O3S2/c1-4-26-18-21-20-17(27-18)19-15(23)14-11(2)9-10-22(16(14)24)12-7-5-6-8-13(12)25-3/h5-10H,4H2,1-3H3,(H,19,20,23). The normalized spacial score (nSPS) is 10.6. The summed E-state index contributed by atoms with van der Waals surface area (Å²) in [7, 11) is 1.53. The van der Waals surface area contributed by atoms with Crippen molar-refractivity contribution in [2.45, 2.75) is 18.2 Å². The fourth-order valence-electron chi connectivity index (χ4n) is 2.52. The summed E-state index contributed by atoms with van der Waals surface area (Å²) in [4.78, 5) is 25.7. The Morgan fingerprint density at radius 3 is 2.81 bits per heavy atom. The van der Waals surface area contributed by atoms with E-state index in [1.54, 1.807) is 49.1 Å². The first-order valence-corrected chi connectivity index (χ1v) is 9.98. The van der Waals surface area contributed by atoms with Crippen molar-refractivity contribution in [3.8, 4) is 11.4 Å². The summed E-state index contributed by atoms with van der Waals surface area (Å²) in [5.74, 6) is 0.899. The number of pyridine rings is 1. The summed E-state index contributed by atoms with van der Waals surface area (Å²) in [6.07, 6.45) is 1.63. The minimum Gasteiger partial charge on any atom is -0.495 e. The van der Waals surface area contributed by atoms with Crippen molar-refractivity contribution in [1.29, 1.82) is 0 Å². The lowest BCUT2D eigenvalue weighted by molar-refractivity contribution is 0.102. The van der Waals surface area contributed by atoms with Crippen molar-refractivity contribution in [2.24, 2.45) is 0 Å². The maximum Gasteiger partial charge on any atom is 0.268 e. The first-order valence-electron chi connectivity index (χ1n) is 8.18. The van der Waals surface area contributed by atoms with Crippen molar-refractivity contribution in [3.05, 3.63) is 58.0 Å². The maximum absolute atomic E-state index is 13.0. The van der Waals surface area contributed by atoms with Crippen molar-refractivity contribution >= 4 is 34.1 Å². The molecule has 0 unspecified atom stereocenters. The molecule has 0 atom stereocenters. The third kappa shape index (κ3) is 4.04. The van der Waals surface area contributed by atoms with Gasteiger partial charge >= 0.3 is 0 Å². The lowest BCUT2D eigenvalue weighted by atomic mass is 10.1. The van der Waals surface area contributed by atoms with E-state index >= 15 is 0 Å². The second kappa shape index (κ2) is 8.36. The van der Waals surface area contributed by atoms with Gasteiger partial charge in [0.05, 0.1) is 12.8 Å². The number of para-hydroxylation sites is 2. The largest absolute Gasteiger partial charge is 0.495 e. The highest BCUT2D eigenvalue weighted by Crippen LogP contribution is 2.25. The van der Waals surface area contributed by atoms with Crippen LogP contribution in [0.3, 0.4) is 0 Å². The minimum atomic E-state index is -0.508. The molecule has 3 rings (SSSR count). The molecule has 27 heavy (non-hydrogen) atoms. The summed E-state index contributed by atoms with van der Waals surface area (Å²) >= 11 is 2.82. The average Bonchev–Trinajstić information content (AvgIpc) is 3.09. The highest BCUT2D eigenvalue weighted by molar-refractivity contribution is 8.01. The molecule has 140 valence electrons. The van der Waals surface area contributed by atoms with E-state index in [0.29, 0.717) is 22.1 Å². The molecule has 0 radical (unpaired) electrons. The number of hydrogen-bond donors (Lipinski definition) is 1. The summed E-state index contributed by atoms with van der Waals surface area (Å²) in [6, 6.07) is 8.86. The second-order valence-corrected chi connectivity index (χ2v) is 7.97. The lowest BCUT2D eigenvalue weighted by Crippen LogP contribution is -2.29. The molecule has 7 nitrogen and oxygen atoms in total. The molecule has 2 heterocycles. The van der Waals surface area contributed by atoms with Gasteiger partial charge in [-0.15, -0.1) is 10.2 Å². The van der Waals surface area contributed by atoms with Crippen LogP contribution in [0.25, 0.3) is 5.69 Å². The molecule has 0 saturated carbocycles. The Hall–Kier alpha value is -2.65. The smallest absolute Gasteiger partial charge is 0.268 e. The number of carbonyl (C=O) groups excluding carboxylic acids is 1. The summed E-state index contributed by atoms with van der Waals surface area (Å²) in [5.41, 5.74) is 0.779. The number of carbonyl (C=O) groups is 1. The number of anilines is 1. The molecular formula is C18H18N4O3S2. The fourth-order valence-corrected chi connectivity index (χ4v) is 4.17. The number of benzene rings is 1. The molecule has 0 saturated heterocycles. The van der Waals surface area contributed by atoms with Gasteiger partial charge in [0.2, 0.25) is 5.13 Å². The third-order valence-electron chi connectivity index (χ3n) is 3.77. The Labute approximate surface area is 164 Å². The van der Waals surface area contributed by atoms with E-state index in [0.717, 1.165) is 10.1 Å². The molecule has 0 bridgehead atoms. The molecule has 1 N–H and O–H groups in total. The number of ether oxygens (including phenoxy) is 1. The van der Waals surface area contributed by atoms with Gasteiger partial charge in [-0.1, -0.05) is 42.2 Å². The first-order chi connectivity index (χ1) is 13.0. The predicted octanol–water partition coefficient (Wildman–Crippen LogP) is 3.37. The average molecular weight is 403 g/mol. The van der Waals surface area contributed by atoms with Gasteiger partial charge in [-0.3, -0.25) is 19.5 Å². The van der Waals surface area contributed by atoms with Crippen LogP contribution < -0.4 is 15.6 Å². The number of hydrogen-bond acceptors (Lipinski definition) is 7. The summed E-state index contributed by atoms with van der Waals surface area (Å²) in [5, 5.41) is 11.0.